The third kappa shape index (κ3) is 4.62. The van der Waals surface area contributed by atoms with Gasteiger partial charge in [0.1, 0.15) is 11.8 Å². The van der Waals surface area contributed by atoms with Crippen molar-refractivity contribution in [1.82, 2.24) is 19.2 Å². The number of hydrogen-bond acceptors (Lipinski definition) is 5. The van der Waals surface area contributed by atoms with E-state index in [9.17, 15) is 13.2 Å². The normalized spacial score (nSPS) is 17.2. The van der Waals surface area contributed by atoms with Gasteiger partial charge in [-0.15, -0.1) is 0 Å². The van der Waals surface area contributed by atoms with Crippen molar-refractivity contribution in [2.45, 2.75) is 38.8 Å². The van der Waals surface area contributed by atoms with Crippen LogP contribution < -0.4 is 10.1 Å². The van der Waals surface area contributed by atoms with Gasteiger partial charge in [0.15, 0.2) is 0 Å². The van der Waals surface area contributed by atoms with E-state index in [1.165, 1.54) is 4.31 Å². The van der Waals surface area contributed by atoms with Crippen molar-refractivity contribution in [3.63, 3.8) is 0 Å². The first-order valence-electron chi connectivity index (χ1n) is 9.65. The first kappa shape index (κ1) is 21.3. The van der Waals surface area contributed by atoms with Gasteiger partial charge in [-0.25, -0.2) is 13.4 Å². The number of imidazole rings is 1. The first-order chi connectivity index (χ1) is 13.7. The molecule has 0 spiro atoms. The number of rotatable bonds is 7. The number of aromatic nitrogens is 2. The standard InChI is InChI=1S/C20H28N4O4S/c1-14(2)23-13-22-17-9-11-24(29(4,26)27)19(18(17)23)20(25)21-10-8-15-6-5-7-16(12-15)28-3/h5-7,12-14,19H,8-11H2,1-4H3,(H,21,25)/t19-/m0/s1. The minimum Gasteiger partial charge on any atom is -0.497 e. The van der Waals surface area contributed by atoms with Gasteiger partial charge in [-0.3, -0.25) is 4.79 Å². The third-order valence-electron chi connectivity index (χ3n) is 5.11. The molecule has 158 valence electrons. The summed E-state index contributed by atoms with van der Waals surface area (Å²) in [6.45, 7) is 4.61. The van der Waals surface area contributed by atoms with Gasteiger partial charge in [-0.1, -0.05) is 12.1 Å². The van der Waals surface area contributed by atoms with E-state index >= 15 is 0 Å². The highest BCUT2D eigenvalue weighted by molar-refractivity contribution is 7.88. The van der Waals surface area contributed by atoms with Crippen molar-refractivity contribution in [3.05, 3.63) is 47.5 Å². The lowest BCUT2D eigenvalue weighted by Crippen LogP contribution is -2.48. The van der Waals surface area contributed by atoms with E-state index in [4.69, 9.17) is 4.74 Å². The number of sulfonamides is 1. The molecule has 0 unspecified atom stereocenters. The molecular weight excluding hydrogens is 392 g/mol. The highest BCUT2D eigenvalue weighted by Crippen LogP contribution is 2.33. The van der Waals surface area contributed by atoms with Gasteiger partial charge in [-0.2, -0.15) is 4.31 Å². The van der Waals surface area contributed by atoms with Crippen LogP contribution in [0.5, 0.6) is 5.75 Å². The Hall–Kier alpha value is -2.39. The van der Waals surface area contributed by atoms with Crippen LogP contribution in [0.2, 0.25) is 0 Å². The van der Waals surface area contributed by atoms with Crippen LogP contribution in [0.1, 0.15) is 42.9 Å². The Morgan fingerprint density at radius 3 is 2.79 bits per heavy atom. The zero-order valence-electron chi connectivity index (χ0n) is 17.3. The predicted octanol–water partition coefficient (Wildman–Crippen LogP) is 1.69. The van der Waals surface area contributed by atoms with Crippen molar-refractivity contribution >= 4 is 15.9 Å². The van der Waals surface area contributed by atoms with E-state index in [1.54, 1.807) is 13.4 Å². The Balaban J connectivity index is 1.81. The second-order valence-electron chi connectivity index (χ2n) is 7.50. The van der Waals surface area contributed by atoms with Crippen molar-refractivity contribution in [2.75, 3.05) is 26.5 Å². The molecule has 0 aliphatic carbocycles. The molecule has 1 aromatic carbocycles. The molecule has 0 saturated carbocycles. The van der Waals surface area contributed by atoms with Gasteiger partial charge in [0.25, 0.3) is 0 Å². The van der Waals surface area contributed by atoms with Crippen LogP contribution in [0.25, 0.3) is 0 Å². The number of methoxy groups -OCH3 is 1. The van der Waals surface area contributed by atoms with E-state index in [0.29, 0.717) is 25.1 Å². The highest BCUT2D eigenvalue weighted by atomic mass is 32.2. The zero-order chi connectivity index (χ0) is 21.2. The number of hydrogen-bond donors (Lipinski definition) is 1. The minimum absolute atomic E-state index is 0.0674. The molecule has 8 nitrogen and oxygen atoms in total. The van der Waals surface area contributed by atoms with Gasteiger partial charge in [0.2, 0.25) is 15.9 Å². The summed E-state index contributed by atoms with van der Waals surface area (Å²) in [5.41, 5.74) is 2.48. The van der Waals surface area contributed by atoms with Crippen LogP contribution >= 0.6 is 0 Å². The summed E-state index contributed by atoms with van der Waals surface area (Å²) in [5, 5.41) is 2.91. The second-order valence-corrected chi connectivity index (χ2v) is 9.43. The number of carbonyl (C=O) groups excluding carboxylic acids is 1. The molecule has 9 heteroatoms. The molecule has 1 N–H and O–H groups in total. The number of benzene rings is 1. The van der Waals surface area contributed by atoms with Crippen LogP contribution in [0.15, 0.2) is 30.6 Å². The number of nitrogens with one attached hydrogen (secondary N) is 1. The molecule has 3 rings (SSSR count). The van der Waals surface area contributed by atoms with Crippen LogP contribution in [0.4, 0.5) is 0 Å². The maximum atomic E-state index is 13.1. The number of nitrogens with zero attached hydrogens (tertiary/aromatic N) is 3. The Kier molecular flexibility index (Phi) is 6.28. The van der Waals surface area contributed by atoms with Crippen molar-refractivity contribution in [2.24, 2.45) is 0 Å². The van der Waals surface area contributed by atoms with Gasteiger partial charge >= 0.3 is 0 Å². The van der Waals surface area contributed by atoms with E-state index < -0.39 is 16.1 Å². The summed E-state index contributed by atoms with van der Waals surface area (Å²) in [5.74, 6) is 0.427. The van der Waals surface area contributed by atoms with Crippen molar-refractivity contribution < 1.29 is 17.9 Å². The van der Waals surface area contributed by atoms with E-state index in [-0.39, 0.29) is 18.5 Å². The van der Waals surface area contributed by atoms with Gasteiger partial charge in [0.05, 0.1) is 31.1 Å². The lowest BCUT2D eigenvalue weighted by atomic mass is 10.0. The molecule has 1 aliphatic heterocycles. The van der Waals surface area contributed by atoms with Gasteiger partial charge < -0.3 is 14.6 Å². The summed E-state index contributed by atoms with van der Waals surface area (Å²) >= 11 is 0. The summed E-state index contributed by atoms with van der Waals surface area (Å²) in [6, 6.07) is 6.80. The Labute approximate surface area is 171 Å². The van der Waals surface area contributed by atoms with E-state index in [1.807, 2.05) is 42.7 Å². The van der Waals surface area contributed by atoms with Crippen LogP contribution in [-0.2, 0) is 27.7 Å². The van der Waals surface area contributed by atoms with E-state index in [0.717, 1.165) is 23.3 Å². The molecule has 0 bridgehead atoms. The average molecular weight is 421 g/mol. The first-order valence-corrected chi connectivity index (χ1v) is 11.5. The number of carbonyl (C=O) groups is 1. The van der Waals surface area contributed by atoms with E-state index in [2.05, 4.69) is 10.3 Å². The van der Waals surface area contributed by atoms with Crippen molar-refractivity contribution in [3.8, 4) is 5.75 Å². The predicted molar refractivity (Wildman–Crippen MR) is 110 cm³/mol. The fourth-order valence-electron chi connectivity index (χ4n) is 3.66. The Morgan fingerprint density at radius 2 is 2.14 bits per heavy atom. The third-order valence-corrected chi connectivity index (χ3v) is 6.35. The second kappa shape index (κ2) is 8.54. The zero-order valence-corrected chi connectivity index (χ0v) is 18.1. The molecule has 0 fully saturated rings. The molecule has 2 heterocycles. The molecule has 2 aromatic rings. The molecule has 1 amide bonds. The molecular formula is C20H28N4O4S. The molecule has 29 heavy (non-hydrogen) atoms. The van der Waals surface area contributed by atoms with Crippen molar-refractivity contribution in [1.29, 1.82) is 0 Å². The lowest BCUT2D eigenvalue weighted by molar-refractivity contribution is -0.125. The van der Waals surface area contributed by atoms with Gasteiger partial charge in [0, 0.05) is 25.6 Å². The minimum atomic E-state index is -3.55. The number of ether oxygens (including phenoxy) is 1. The van der Waals surface area contributed by atoms with Gasteiger partial charge in [-0.05, 0) is 38.0 Å². The molecule has 1 aliphatic rings. The molecule has 1 atom stereocenters. The topological polar surface area (TPSA) is 93.5 Å². The fourth-order valence-corrected chi connectivity index (χ4v) is 4.66. The summed E-state index contributed by atoms with van der Waals surface area (Å²) in [4.78, 5) is 17.5. The highest BCUT2D eigenvalue weighted by Gasteiger charge is 2.41. The van der Waals surface area contributed by atoms with Crippen LogP contribution in [-0.4, -0.2) is 54.6 Å². The smallest absolute Gasteiger partial charge is 0.244 e. The monoisotopic (exact) mass is 420 g/mol. The lowest BCUT2D eigenvalue weighted by Gasteiger charge is -2.34. The number of amides is 1. The largest absolute Gasteiger partial charge is 0.497 e. The van der Waals surface area contributed by atoms with Crippen LogP contribution in [0, 0.1) is 0 Å². The Morgan fingerprint density at radius 1 is 1.38 bits per heavy atom. The maximum Gasteiger partial charge on any atom is 0.244 e. The van der Waals surface area contributed by atoms with Crippen LogP contribution in [0.3, 0.4) is 0 Å². The summed E-state index contributed by atoms with van der Waals surface area (Å²) in [7, 11) is -1.94. The molecule has 1 aromatic heterocycles. The summed E-state index contributed by atoms with van der Waals surface area (Å²) < 4.78 is 33.2. The fraction of sp³-hybridized carbons (Fsp3) is 0.500. The molecule has 0 saturated heterocycles. The maximum absolute atomic E-state index is 13.1. The number of fused-ring (bicyclic) bond motifs is 1. The quantitative estimate of drug-likeness (QED) is 0.736. The SMILES string of the molecule is COc1cccc(CCNC(=O)[C@@H]2c3c(ncn3C(C)C)CCN2S(C)(=O)=O)c1. The summed E-state index contributed by atoms with van der Waals surface area (Å²) in [6.07, 6.45) is 3.95. The average Bonchev–Trinajstić information content (AvgIpc) is 3.11. The molecule has 0 radical (unpaired) electrons. The Bertz CT molecular complexity index is 984.